The van der Waals surface area contributed by atoms with Gasteiger partial charge in [0.2, 0.25) is 0 Å². The fourth-order valence-corrected chi connectivity index (χ4v) is 11.1. The molecule has 0 unspecified atom stereocenters. The molecule has 0 fully saturated rings. The van der Waals surface area contributed by atoms with E-state index in [9.17, 15) is 0 Å². The summed E-state index contributed by atoms with van der Waals surface area (Å²) in [6.45, 7) is 0. The molecule has 13 aromatic rings. The second-order valence-corrected chi connectivity index (χ2v) is 19.1. The molecule has 68 heavy (non-hydrogen) atoms. The molecule has 0 N–H and O–H groups in total. The molecule has 2 heterocycles. The summed E-state index contributed by atoms with van der Waals surface area (Å²) >= 11 is 6.55. The van der Waals surface area contributed by atoms with Gasteiger partial charge in [0.15, 0.2) is 0 Å². The van der Waals surface area contributed by atoms with E-state index < -0.39 is 0 Å². The Morgan fingerprint density at radius 3 is 1.25 bits per heavy atom. The first-order valence-electron chi connectivity index (χ1n) is 22.6. The molecule has 2 aromatic heterocycles. The third-order valence-corrected chi connectivity index (χ3v) is 14.6. The number of anilines is 6. The minimum atomic E-state index is 0.836. The maximum absolute atomic E-state index is 6.71. The van der Waals surface area contributed by atoms with Gasteiger partial charge in [-0.25, -0.2) is 0 Å². The van der Waals surface area contributed by atoms with Crippen LogP contribution in [0.4, 0.5) is 34.1 Å². The molecule has 2 radical (unpaired) electrons. The predicted octanol–water partition coefficient (Wildman–Crippen LogP) is 15.7. The third-order valence-electron chi connectivity index (χ3n) is 13.1. The molecule has 13 rings (SSSR count). The Hall–Kier alpha value is -7.82. The van der Waals surface area contributed by atoms with E-state index in [1.807, 2.05) is 12.1 Å². The molecule has 320 valence electrons. The normalized spacial score (nSPS) is 11.6. The van der Waals surface area contributed by atoms with Crippen LogP contribution in [-0.4, -0.2) is 32.0 Å². The van der Waals surface area contributed by atoms with E-state index in [1.165, 1.54) is 22.3 Å². The predicted molar refractivity (Wildman–Crippen MR) is 287 cm³/mol. The monoisotopic (exact) mass is 1000 g/mol. The number of hydrogen-bond acceptors (Lipinski definition) is 4. The molecule has 0 aliphatic carbocycles. The molecule has 0 bridgehead atoms. The van der Waals surface area contributed by atoms with Crippen molar-refractivity contribution in [2.24, 2.45) is 0 Å². The topological polar surface area (TPSA) is 32.8 Å². The number of benzene rings is 11. The summed E-state index contributed by atoms with van der Waals surface area (Å²) in [4.78, 5) is 4.63. The summed E-state index contributed by atoms with van der Waals surface area (Å²) < 4.78 is 15.7. The first kappa shape index (κ1) is 40.5. The Kier molecular flexibility index (Phi) is 9.82. The van der Waals surface area contributed by atoms with Crippen LogP contribution in [0, 0.1) is 0 Å². The van der Waals surface area contributed by atoms with Gasteiger partial charge in [-0.15, -0.1) is 0 Å². The van der Waals surface area contributed by atoms with E-state index in [0.29, 0.717) is 0 Å². The molecule has 0 amide bonds. The number of furan rings is 2. The molecular formula is C62H38N2O2Se2. The second-order valence-electron chi connectivity index (χ2n) is 17.2. The van der Waals surface area contributed by atoms with Gasteiger partial charge in [-0.1, -0.05) is 0 Å². The summed E-state index contributed by atoms with van der Waals surface area (Å²) in [6, 6.07) is 81.9. The Bertz CT molecular complexity index is 4050. The van der Waals surface area contributed by atoms with Gasteiger partial charge in [-0.2, -0.15) is 0 Å². The number of rotatable bonds is 8. The summed E-state index contributed by atoms with van der Waals surface area (Å²) in [5.74, 6) is 0. The van der Waals surface area contributed by atoms with Gasteiger partial charge in [-0.3, -0.25) is 0 Å². The zero-order chi connectivity index (χ0) is 45.3. The first-order valence-corrected chi connectivity index (χ1v) is 24.3. The van der Waals surface area contributed by atoms with Crippen molar-refractivity contribution in [2.75, 3.05) is 9.80 Å². The summed E-state index contributed by atoms with van der Waals surface area (Å²) in [5, 5.41) is 8.73. The van der Waals surface area contributed by atoms with Crippen molar-refractivity contribution in [1.29, 1.82) is 0 Å². The Labute approximate surface area is 409 Å². The van der Waals surface area contributed by atoms with Crippen molar-refractivity contribution in [3.05, 3.63) is 231 Å². The zero-order valence-corrected chi connectivity index (χ0v) is 39.9. The molecule has 0 saturated heterocycles. The fourth-order valence-electron chi connectivity index (χ4n) is 9.92. The van der Waals surface area contributed by atoms with Crippen LogP contribution < -0.4 is 18.7 Å². The second kappa shape index (κ2) is 16.5. The van der Waals surface area contributed by atoms with Crippen LogP contribution in [0.25, 0.3) is 87.7 Å². The molecule has 0 atom stereocenters. The Morgan fingerprint density at radius 1 is 0.279 bits per heavy atom. The molecule has 0 saturated carbocycles. The van der Waals surface area contributed by atoms with Gasteiger partial charge >= 0.3 is 390 Å². The van der Waals surface area contributed by atoms with Crippen LogP contribution in [0.2, 0.25) is 0 Å². The van der Waals surface area contributed by atoms with E-state index in [2.05, 4.69) is 260 Å². The van der Waals surface area contributed by atoms with E-state index >= 15 is 0 Å². The van der Waals surface area contributed by atoms with Gasteiger partial charge in [0.1, 0.15) is 5.58 Å². The SMILES string of the molecule is [Se]c1ccccc1-c1ccc(N(c2ccccc2)c2ccc3cc4c(cc3c2)oc2ccc3oc5cc6cc(N(c7ccccc7)c7ccc(-c8ccccc8)c([Se])c7)ccc6cc5c3c24)cc1. The van der Waals surface area contributed by atoms with Crippen molar-refractivity contribution in [2.45, 2.75) is 0 Å². The van der Waals surface area contributed by atoms with Crippen molar-refractivity contribution in [1.82, 2.24) is 0 Å². The standard InChI is InChI=1S/C62H38N2O2Se2/c67-59-19-11-10-18-51(59)40-20-24-47(25-21-40)63(45-14-6-2-7-15-45)48-26-22-41-34-53-57(36-43(41)32-48)65-55-30-31-56-62(61(53)55)54-35-42-23-27-49(33-44(42)37-58(54)66-56)64(46-16-8-3-9-17-46)50-28-29-52(60(68)38-50)39-12-4-1-5-13-39/h1-38H. The fraction of sp³-hybridized carbons (Fsp3) is 0. The van der Waals surface area contributed by atoms with Crippen LogP contribution in [0.3, 0.4) is 0 Å². The molecular weight excluding hydrogens is 963 g/mol. The van der Waals surface area contributed by atoms with E-state index in [1.54, 1.807) is 0 Å². The van der Waals surface area contributed by atoms with Gasteiger partial charge in [0, 0.05) is 5.39 Å². The maximum atomic E-state index is 6.71. The van der Waals surface area contributed by atoms with Crippen molar-refractivity contribution >= 4 is 140 Å². The molecule has 6 heteroatoms. The molecule has 4 nitrogen and oxygen atoms in total. The van der Waals surface area contributed by atoms with E-state index in [4.69, 9.17) is 8.83 Å². The zero-order valence-electron chi connectivity index (χ0n) is 36.5. The summed E-state index contributed by atoms with van der Waals surface area (Å²) in [5.41, 5.74) is 14.5. The quantitative estimate of drug-likeness (QED) is 0.142. The number of nitrogens with zero attached hydrogens (tertiary/aromatic N) is 2. The van der Waals surface area contributed by atoms with Crippen LogP contribution in [-0.2, 0) is 0 Å². The van der Waals surface area contributed by atoms with Crippen molar-refractivity contribution in [3.8, 4) is 22.3 Å². The van der Waals surface area contributed by atoms with Gasteiger partial charge in [0.25, 0.3) is 0 Å². The van der Waals surface area contributed by atoms with Crippen LogP contribution in [0.15, 0.2) is 239 Å². The Morgan fingerprint density at radius 2 is 0.706 bits per heavy atom. The van der Waals surface area contributed by atoms with Crippen LogP contribution >= 0.6 is 0 Å². The number of hydrogen-bond donors (Lipinski definition) is 0. The summed E-state index contributed by atoms with van der Waals surface area (Å²) in [7, 11) is 0. The molecule has 0 spiro atoms. The number of fused-ring (bicyclic) bond motifs is 9. The van der Waals surface area contributed by atoms with Crippen LogP contribution in [0.1, 0.15) is 0 Å². The first-order chi connectivity index (χ1) is 33.5. The average Bonchev–Trinajstić information content (AvgIpc) is 3.93. The van der Waals surface area contributed by atoms with Crippen molar-refractivity contribution < 1.29 is 8.83 Å². The van der Waals surface area contributed by atoms with Gasteiger partial charge < -0.3 is 4.42 Å². The van der Waals surface area contributed by atoms with Crippen LogP contribution in [0.5, 0.6) is 0 Å². The number of para-hydroxylation sites is 2. The van der Waals surface area contributed by atoms with Gasteiger partial charge in [0.05, 0.1) is 0 Å². The van der Waals surface area contributed by atoms with Crippen molar-refractivity contribution in [3.63, 3.8) is 0 Å². The van der Waals surface area contributed by atoms with Gasteiger partial charge in [-0.05, 0) is 6.07 Å². The molecule has 11 aromatic carbocycles. The third kappa shape index (κ3) is 6.97. The van der Waals surface area contributed by atoms with E-state index in [0.717, 1.165) is 108 Å². The summed E-state index contributed by atoms with van der Waals surface area (Å²) in [6.07, 6.45) is 0. The minimum absolute atomic E-state index is 0.836. The molecule has 0 aliphatic rings. The average molecular weight is 1000 g/mol. The molecule has 0 aliphatic heterocycles. The van der Waals surface area contributed by atoms with E-state index in [-0.39, 0.29) is 0 Å². The Balaban J connectivity index is 0.895.